The van der Waals surface area contributed by atoms with Crippen LogP contribution >= 0.6 is 11.6 Å². The number of carboxylic acids is 1. The molecule has 0 aliphatic heterocycles. The Morgan fingerprint density at radius 3 is 2.56 bits per heavy atom. The lowest BCUT2D eigenvalue weighted by molar-refractivity contribution is -0.136. The van der Waals surface area contributed by atoms with Crippen LogP contribution in [-0.2, 0) is 23.5 Å². The van der Waals surface area contributed by atoms with Crippen LogP contribution in [0.15, 0.2) is 12.1 Å². The number of halogens is 1. The number of benzene rings is 1. The first-order valence-corrected chi connectivity index (χ1v) is 5.48. The molecule has 1 aromatic rings. The Morgan fingerprint density at radius 2 is 2.12 bits per heavy atom. The topological polar surface area (TPSA) is 61.1 Å². The summed E-state index contributed by atoms with van der Waals surface area (Å²) < 4.78 is 0. The first-order valence-electron chi connectivity index (χ1n) is 4.94. The van der Waals surface area contributed by atoms with Crippen molar-refractivity contribution < 1.29 is 9.90 Å². The Balaban J connectivity index is 3.32. The maximum Gasteiger partial charge on any atom is 0.307 e. The van der Waals surface area contributed by atoms with Gasteiger partial charge in [-0.05, 0) is 23.1 Å². The summed E-state index contributed by atoms with van der Waals surface area (Å²) in [7, 11) is 0. The van der Waals surface area contributed by atoms with E-state index in [2.05, 4.69) is 6.07 Å². The van der Waals surface area contributed by atoms with Crippen molar-refractivity contribution in [2.75, 3.05) is 0 Å². The molecule has 0 fully saturated rings. The fourth-order valence-corrected chi connectivity index (χ4v) is 1.80. The number of carboxylic acid groups (broad SMARTS) is 1. The number of hydrogen-bond acceptors (Lipinski definition) is 2. The smallest absolute Gasteiger partial charge is 0.307 e. The molecule has 0 unspecified atom stereocenters. The summed E-state index contributed by atoms with van der Waals surface area (Å²) in [4.78, 5) is 10.7. The highest BCUT2D eigenvalue weighted by Gasteiger charge is 2.12. The van der Waals surface area contributed by atoms with E-state index in [1.54, 1.807) is 6.07 Å². The first kappa shape index (κ1) is 12.5. The van der Waals surface area contributed by atoms with Gasteiger partial charge in [0.05, 0.1) is 18.1 Å². The molecule has 0 heterocycles. The van der Waals surface area contributed by atoms with Gasteiger partial charge in [0.1, 0.15) is 0 Å². The summed E-state index contributed by atoms with van der Waals surface area (Å²) in [6.07, 6.45) is 0.556. The summed E-state index contributed by atoms with van der Waals surface area (Å²) >= 11 is 5.73. The molecule has 0 amide bonds. The predicted molar refractivity (Wildman–Crippen MR) is 61.4 cm³/mol. The van der Waals surface area contributed by atoms with Crippen molar-refractivity contribution in [2.24, 2.45) is 0 Å². The minimum Gasteiger partial charge on any atom is -0.481 e. The Labute approximate surface area is 99.3 Å². The van der Waals surface area contributed by atoms with Crippen molar-refractivity contribution in [3.8, 4) is 6.07 Å². The van der Waals surface area contributed by atoms with E-state index in [1.165, 1.54) is 0 Å². The second kappa shape index (κ2) is 5.53. The zero-order valence-corrected chi connectivity index (χ0v) is 9.71. The average Bonchev–Trinajstić information content (AvgIpc) is 2.27. The zero-order valence-electron chi connectivity index (χ0n) is 8.96. The highest BCUT2D eigenvalue weighted by Crippen LogP contribution is 2.20. The molecular weight excluding hydrogens is 226 g/mol. The van der Waals surface area contributed by atoms with Crippen LogP contribution in [0.5, 0.6) is 0 Å². The summed E-state index contributed by atoms with van der Waals surface area (Å²) in [5.41, 5.74) is 2.73. The van der Waals surface area contributed by atoms with E-state index in [-0.39, 0.29) is 6.42 Å². The zero-order chi connectivity index (χ0) is 12.1. The SMILES string of the molecule is CCc1cc(CCl)cc(CC(=O)O)c1C#N. The molecule has 0 bridgehead atoms. The minimum absolute atomic E-state index is 0.138. The van der Waals surface area contributed by atoms with E-state index in [0.717, 1.165) is 11.1 Å². The number of nitrogens with zero attached hydrogens (tertiary/aromatic N) is 1. The maximum absolute atomic E-state index is 10.7. The molecule has 0 radical (unpaired) electrons. The summed E-state index contributed by atoms with van der Waals surface area (Å²) in [5.74, 6) is -0.615. The van der Waals surface area contributed by atoms with Gasteiger partial charge in [-0.15, -0.1) is 11.6 Å². The van der Waals surface area contributed by atoms with E-state index >= 15 is 0 Å². The standard InChI is InChI=1S/C12H12ClNO2/c1-2-9-3-8(6-13)4-10(5-12(15)16)11(9)7-14/h3-4H,2,5-6H2,1H3,(H,15,16). The molecule has 0 aromatic heterocycles. The van der Waals surface area contributed by atoms with Crippen molar-refractivity contribution in [1.82, 2.24) is 0 Å². The van der Waals surface area contributed by atoms with Crippen LogP contribution in [-0.4, -0.2) is 11.1 Å². The van der Waals surface area contributed by atoms with Gasteiger partial charge in [-0.3, -0.25) is 4.79 Å². The van der Waals surface area contributed by atoms with Crippen molar-refractivity contribution in [1.29, 1.82) is 5.26 Å². The van der Waals surface area contributed by atoms with Crippen molar-refractivity contribution >= 4 is 17.6 Å². The van der Waals surface area contributed by atoms with Gasteiger partial charge in [0.2, 0.25) is 0 Å². The van der Waals surface area contributed by atoms with E-state index in [1.807, 2.05) is 13.0 Å². The molecule has 1 N–H and O–H groups in total. The molecule has 0 aliphatic carbocycles. The molecule has 1 aromatic carbocycles. The Morgan fingerprint density at radius 1 is 1.50 bits per heavy atom. The number of rotatable bonds is 4. The van der Waals surface area contributed by atoms with E-state index < -0.39 is 5.97 Å². The number of carbonyl (C=O) groups is 1. The summed E-state index contributed by atoms with van der Waals surface area (Å²) in [6.45, 7) is 1.93. The molecule has 1 rings (SSSR count). The Hall–Kier alpha value is -1.53. The van der Waals surface area contributed by atoms with Crippen LogP contribution in [0.25, 0.3) is 0 Å². The lowest BCUT2D eigenvalue weighted by Gasteiger charge is -2.09. The van der Waals surface area contributed by atoms with E-state index in [0.29, 0.717) is 23.4 Å². The number of hydrogen-bond donors (Lipinski definition) is 1. The van der Waals surface area contributed by atoms with Crippen LogP contribution in [0, 0.1) is 11.3 Å². The third-order valence-corrected chi connectivity index (χ3v) is 2.66. The molecule has 4 heteroatoms. The minimum atomic E-state index is -0.940. The van der Waals surface area contributed by atoms with Crippen LogP contribution < -0.4 is 0 Å². The maximum atomic E-state index is 10.7. The van der Waals surface area contributed by atoms with Crippen molar-refractivity contribution in [3.05, 3.63) is 34.4 Å². The second-order valence-corrected chi connectivity index (χ2v) is 3.73. The first-order chi connectivity index (χ1) is 7.62. The monoisotopic (exact) mass is 237 g/mol. The number of aryl methyl sites for hydroxylation is 1. The molecule has 0 saturated heterocycles. The molecule has 0 spiro atoms. The van der Waals surface area contributed by atoms with Gasteiger partial charge >= 0.3 is 5.97 Å². The largest absolute Gasteiger partial charge is 0.481 e. The molecule has 0 atom stereocenters. The van der Waals surface area contributed by atoms with Crippen LogP contribution in [0.1, 0.15) is 29.2 Å². The average molecular weight is 238 g/mol. The van der Waals surface area contributed by atoms with Gasteiger partial charge in [0.25, 0.3) is 0 Å². The quantitative estimate of drug-likeness (QED) is 0.819. The number of aliphatic carboxylic acids is 1. The third kappa shape index (κ3) is 2.74. The van der Waals surface area contributed by atoms with Crippen LogP contribution in [0.4, 0.5) is 0 Å². The highest BCUT2D eigenvalue weighted by atomic mass is 35.5. The molecule has 84 valence electrons. The lowest BCUT2D eigenvalue weighted by atomic mass is 9.95. The van der Waals surface area contributed by atoms with E-state index in [4.69, 9.17) is 22.0 Å². The second-order valence-electron chi connectivity index (χ2n) is 3.46. The van der Waals surface area contributed by atoms with Gasteiger partial charge in [-0.25, -0.2) is 0 Å². The van der Waals surface area contributed by atoms with Crippen molar-refractivity contribution in [2.45, 2.75) is 25.6 Å². The Kier molecular flexibility index (Phi) is 4.33. The predicted octanol–water partition coefficient (Wildman–Crippen LogP) is 2.49. The molecular formula is C12H12ClNO2. The van der Waals surface area contributed by atoms with Crippen molar-refractivity contribution in [3.63, 3.8) is 0 Å². The van der Waals surface area contributed by atoms with Gasteiger partial charge < -0.3 is 5.11 Å². The lowest BCUT2D eigenvalue weighted by Crippen LogP contribution is -2.05. The van der Waals surface area contributed by atoms with Gasteiger partial charge in [0, 0.05) is 5.88 Å². The summed E-state index contributed by atoms with van der Waals surface area (Å²) in [5, 5.41) is 17.8. The number of alkyl halides is 1. The third-order valence-electron chi connectivity index (χ3n) is 2.35. The fraction of sp³-hybridized carbons (Fsp3) is 0.333. The highest BCUT2D eigenvalue weighted by molar-refractivity contribution is 6.17. The summed E-state index contributed by atoms with van der Waals surface area (Å²) in [6, 6.07) is 5.62. The van der Waals surface area contributed by atoms with Gasteiger partial charge in [-0.2, -0.15) is 5.26 Å². The Bertz CT molecular complexity index is 449. The molecule has 0 saturated carbocycles. The van der Waals surface area contributed by atoms with Crippen LogP contribution in [0.3, 0.4) is 0 Å². The molecule has 0 aliphatic rings. The fourth-order valence-electron chi connectivity index (χ4n) is 1.64. The number of nitriles is 1. The molecule has 3 nitrogen and oxygen atoms in total. The van der Waals surface area contributed by atoms with E-state index in [9.17, 15) is 4.79 Å². The van der Waals surface area contributed by atoms with Gasteiger partial charge in [0.15, 0.2) is 0 Å². The van der Waals surface area contributed by atoms with Crippen LogP contribution in [0.2, 0.25) is 0 Å². The van der Waals surface area contributed by atoms with Gasteiger partial charge in [-0.1, -0.05) is 19.1 Å². The molecule has 16 heavy (non-hydrogen) atoms. The normalized spacial score (nSPS) is 9.81.